The van der Waals surface area contributed by atoms with Crippen LogP contribution in [0.25, 0.3) is 0 Å². The number of halogens is 1. The third-order valence-electron chi connectivity index (χ3n) is 4.43. The first-order valence-electron chi connectivity index (χ1n) is 8.20. The van der Waals surface area contributed by atoms with Crippen molar-refractivity contribution in [2.45, 2.75) is 25.8 Å². The lowest BCUT2D eigenvalue weighted by atomic mass is 9.98. The maximum absolute atomic E-state index is 13.2. The van der Waals surface area contributed by atoms with Crippen LogP contribution in [-0.4, -0.2) is 23.4 Å². The molecule has 0 unspecified atom stereocenters. The van der Waals surface area contributed by atoms with E-state index in [1.165, 1.54) is 17.1 Å². The summed E-state index contributed by atoms with van der Waals surface area (Å²) in [5.74, 6) is 1.02. The lowest BCUT2D eigenvalue weighted by molar-refractivity contribution is -0.132. The van der Waals surface area contributed by atoms with Gasteiger partial charge < -0.3 is 9.47 Å². The summed E-state index contributed by atoms with van der Waals surface area (Å²) in [4.78, 5) is 12.3. The first kappa shape index (κ1) is 15.6. The summed E-state index contributed by atoms with van der Waals surface area (Å²) in [7, 11) is 0. The number of fused-ring (bicyclic) bond motifs is 1. The topological polar surface area (TPSA) is 51.1 Å². The molecular formula is C19H17FN2O3. The molecule has 0 aromatic heterocycles. The molecule has 2 aliphatic heterocycles. The van der Waals surface area contributed by atoms with Gasteiger partial charge in [0, 0.05) is 18.4 Å². The predicted molar refractivity (Wildman–Crippen MR) is 90.0 cm³/mol. The van der Waals surface area contributed by atoms with Crippen LogP contribution in [0, 0.1) is 5.82 Å². The van der Waals surface area contributed by atoms with Gasteiger partial charge in [-0.1, -0.05) is 19.1 Å². The van der Waals surface area contributed by atoms with Crippen molar-refractivity contribution in [3.05, 3.63) is 59.4 Å². The van der Waals surface area contributed by atoms with Crippen molar-refractivity contribution < 1.29 is 18.7 Å². The summed E-state index contributed by atoms with van der Waals surface area (Å²) in [5.41, 5.74) is 2.56. The number of hydrogen-bond donors (Lipinski definition) is 0. The molecule has 2 heterocycles. The fraction of sp³-hybridized carbons (Fsp3) is 0.263. The van der Waals surface area contributed by atoms with Crippen LogP contribution >= 0.6 is 0 Å². The number of hydrogen-bond acceptors (Lipinski definition) is 4. The Bertz CT molecular complexity index is 848. The molecule has 0 radical (unpaired) electrons. The first-order chi connectivity index (χ1) is 12.2. The van der Waals surface area contributed by atoms with Crippen LogP contribution in [0.1, 0.15) is 36.9 Å². The standard InChI is InChI=1S/C19H17FN2O3/c1-2-19(23)22-16(12-3-6-14(20)7-4-12)10-15(21-22)13-5-8-17-18(9-13)25-11-24-17/h3-9,16H,2,10-11H2,1H3/t16-/m0/s1. The number of rotatable bonds is 3. The number of nitrogens with zero attached hydrogens (tertiary/aromatic N) is 2. The van der Waals surface area contributed by atoms with E-state index in [2.05, 4.69) is 5.10 Å². The van der Waals surface area contributed by atoms with E-state index in [9.17, 15) is 9.18 Å². The normalized spacial score (nSPS) is 18.4. The second kappa shape index (κ2) is 6.20. The molecule has 0 aliphatic carbocycles. The number of amides is 1. The monoisotopic (exact) mass is 340 g/mol. The molecule has 2 aliphatic rings. The maximum Gasteiger partial charge on any atom is 0.242 e. The molecule has 0 fully saturated rings. The number of carbonyl (C=O) groups excluding carboxylic acids is 1. The van der Waals surface area contributed by atoms with Crippen molar-refractivity contribution in [1.29, 1.82) is 0 Å². The van der Waals surface area contributed by atoms with E-state index in [1.54, 1.807) is 19.1 Å². The largest absolute Gasteiger partial charge is 0.454 e. The number of hydrazone groups is 1. The van der Waals surface area contributed by atoms with Crippen LogP contribution in [0.5, 0.6) is 11.5 Å². The van der Waals surface area contributed by atoms with Crippen molar-refractivity contribution in [1.82, 2.24) is 5.01 Å². The van der Waals surface area contributed by atoms with E-state index in [0.717, 1.165) is 16.8 Å². The fourth-order valence-electron chi connectivity index (χ4n) is 3.10. The van der Waals surface area contributed by atoms with Crippen molar-refractivity contribution in [3.63, 3.8) is 0 Å². The van der Waals surface area contributed by atoms with E-state index in [-0.39, 0.29) is 24.6 Å². The minimum Gasteiger partial charge on any atom is -0.454 e. The quantitative estimate of drug-likeness (QED) is 0.857. The molecule has 5 nitrogen and oxygen atoms in total. The van der Waals surface area contributed by atoms with Crippen molar-refractivity contribution in [2.24, 2.45) is 5.10 Å². The average molecular weight is 340 g/mol. The van der Waals surface area contributed by atoms with Gasteiger partial charge in [0.1, 0.15) is 5.82 Å². The van der Waals surface area contributed by atoms with Gasteiger partial charge in [-0.25, -0.2) is 9.40 Å². The Morgan fingerprint density at radius 1 is 1.20 bits per heavy atom. The SMILES string of the molecule is CCC(=O)N1N=C(c2ccc3c(c2)OCO3)C[C@H]1c1ccc(F)cc1. The number of benzene rings is 2. The Kier molecular flexibility index (Phi) is 3.87. The molecule has 2 aromatic rings. The third-order valence-corrected chi connectivity index (χ3v) is 4.43. The van der Waals surface area contributed by atoms with E-state index in [4.69, 9.17) is 9.47 Å². The smallest absolute Gasteiger partial charge is 0.242 e. The average Bonchev–Trinajstić information content (AvgIpc) is 3.28. The second-order valence-electron chi connectivity index (χ2n) is 5.98. The van der Waals surface area contributed by atoms with Crippen LogP contribution in [0.3, 0.4) is 0 Å². The molecule has 0 bridgehead atoms. The summed E-state index contributed by atoms with van der Waals surface area (Å²) in [6, 6.07) is 11.6. The number of carbonyl (C=O) groups is 1. The van der Waals surface area contributed by atoms with Gasteiger partial charge in [-0.05, 0) is 35.9 Å². The lowest BCUT2D eigenvalue weighted by Crippen LogP contribution is -2.26. The second-order valence-corrected chi connectivity index (χ2v) is 5.98. The van der Waals surface area contributed by atoms with Crippen LogP contribution in [-0.2, 0) is 4.79 Å². The Morgan fingerprint density at radius 3 is 2.72 bits per heavy atom. The molecule has 1 amide bonds. The van der Waals surface area contributed by atoms with Gasteiger partial charge in [-0.15, -0.1) is 0 Å². The molecule has 0 saturated carbocycles. The van der Waals surface area contributed by atoms with Crippen LogP contribution in [0.4, 0.5) is 4.39 Å². The van der Waals surface area contributed by atoms with Crippen molar-refractivity contribution >= 4 is 11.6 Å². The van der Waals surface area contributed by atoms with Crippen molar-refractivity contribution in [3.8, 4) is 11.5 Å². The molecule has 0 saturated heterocycles. The van der Waals surface area contributed by atoms with Crippen LogP contribution < -0.4 is 9.47 Å². The van der Waals surface area contributed by atoms with Gasteiger partial charge in [0.25, 0.3) is 0 Å². The van der Waals surface area contributed by atoms with Gasteiger partial charge in [0.2, 0.25) is 12.7 Å². The summed E-state index contributed by atoms with van der Waals surface area (Å²) in [6.45, 7) is 2.02. The van der Waals surface area contributed by atoms with Gasteiger partial charge in [0.15, 0.2) is 11.5 Å². The van der Waals surface area contributed by atoms with E-state index >= 15 is 0 Å². The zero-order valence-corrected chi connectivity index (χ0v) is 13.7. The van der Waals surface area contributed by atoms with E-state index in [1.807, 2.05) is 18.2 Å². The molecule has 1 atom stereocenters. The Morgan fingerprint density at radius 2 is 1.96 bits per heavy atom. The van der Waals surface area contributed by atoms with Gasteiger partial charge in [-0.3, -0.25) is 4.79 Å². The van der Waals surface area contributed by atoms with Crippen LogP contribution in [0.15, 0.2) is 47.6 Å². The highest BCUT2D eigenvalue weighted by atomic mass is 19.1. The van der Waals surface area contributed by atoms with Crippen LogP contribution in [0.2, 0.25) is 0 Å². The summed E-state index contributed by atoms with van der Waals surface area (Å²) < 4.78 is 24.0. The van der Waals surface area contributed by atoms with Gasteiger partial charge in [0.05, 0.1) is 11.8 Å². The molecule has 4 rings (SSSR count). The summed E-state index contributed by atoms with van der Waals surface area (Å²) >= 11 is 0. The third kappa shape index (κ3) is 2.84. The minimum absolute atomic E-state index is 0.0648. The molecule has 128 valence electrons. The zero-order valence-electron chi connectivity index (χ0n) is 13.7. The Hall–Kier alpha value is -2.89. The van der Waals surface area contributed by atoms with Gasteiger partial charge >= 0.3 is 0 Å². The lowest BCUT2D eigenvalue weighted by Gasteiger charge is -2.21. The Labute approximate surface area is 144 Å². The highest BCUT2D eigenvalue weighted by Gasteiger charge is 2.32. The van der Waals surface area contributed by atoms with Crippen molar-refractivity contribution in [2.75, 3.05) is 6.79 Å². The van der Waals surface area contributed by atoms with E-state index < -0.39 is 0 Å². The van der Waals surface area contributed by atoms with Gasteiger partial charge in [-0.2, -0.15) is 5.10 Å². The molecule has 0 spiro atoms. The predicted octanol–water partition coefficient (Wildman–Crippen LogP) is 3.64. The molecule has 25 heavy (non-hydrogen) atoms. The highest BCUT2D eigenvalue weighted by Crippen LogP contribution is 2.37. The highest BCUT2D eigenvalue weighted by molar-refractivity contribution is 6.03. The molecular weight excluding hydrogens is 323 g/mol. The fourth-order valence-corrected chi connectivity index (χ4v) is 3.10. The molecule has 2 aromatic carbocycles. The Balaban J connectivity index is 1.67. The first-order valence-corrected chi connectivity index (χ1v) is 8.20. The summed E-state index contributed by atoms with van der Waals surface area (Å²) in [6.07, 6.45) is 0.923. The molecule has 0 N–H and O–H groups in total. The number of ether oxygens (including phenoxy) is 2. The zero-order chi connectivity index (χ0) is 17.4. The van der Waals surface area contributed by atoms with E-state index in [0.29, 0.717) is 24.3 Å². The molecule has 6 heteroatoms. The summed E-state index contributed by atoms with van der Waals surface area (Å²) in [5, 5.41) is 6.05. The minimum atomic E-state index is -0.299. The maximum atomic E-state index is 13.2.